The Morgan fingerprint density at radius 1 is 1.14 bits per heavy atom. The Morgan fingerprint density at radius 2 is 1.79 bits per heavy atom. The quantitative estimate of drug-likeness (QED) is 0.693. The van der Waals surface area contributed by atoms with Crippen LogP contribution in [0.25, 0.3) is 0 Å². The largest absolute Gasteiger partial charge is 0.451 e. The van der Waals surface area contributed by atoms with Gasteiger partial charge < -0.3 is 10.1 Å². The number of nitrogens with one attached hydrogen (secondary N) is 1. The fourth-order valence-electron chi connectivity index (χ4n) is 2.54. The summed E-state index contributed by atoms with van der Waals surface area (Å²) in [6.07, 6.45) is -0.223. The fourth-order valence-corrected chi connectivity index (χ4v) is 3.45. The second-order valence-corrected chi connectivity index (χ2v) is 8.55. The van der Waals surface area contributed by atoms with Crippen molar-refractivity contribution in [1.82, 2.24) is 0 Å². The number of halogens is 1. The number of ether oxygens (including phenoxy) is 1. The van der Waals surface area contributed by atoms with E-state index in [1.54, 1.807) is 38.1 Å². The van der Waals surface area contributed by atoms with Crippen molar-refractivity contribution < 1.29 is 27.1 Å². The highest BCUT2D eigenvalue weighted by molar-refractivity contribution is 7.92. The van der Waals surface area contributed by atoms with Crippen LogP contribution < -0.4 is 9.62 Å². The molecule has 0 saturated heterocycles. The molecule has 0 fully saturated rings. The zero-order valence-corrected chi connectivity index (χ0v) is 17.4. The molecule has 0 heterocycles. The van der Waals surface area contributed by atoms with E-state index in [-0.39, 0.29) is 5.69 Å². The highest BCUT2D eigenvalue weighted by Gasteiger charge is 2.25. The molecule has 0 radical (unpaired) electrons. The summed E-state index contributed by atoms with van der Waals surface area (Å²) < 4.78 is 43.9. The van der Waals surface area contributed by atoms with Crippen LogP contribution in [0.15, 0.2) is 42.5 Å². The topological polar surface area (TPSA) is 92.8 Å². The Balaban J connectivity index is 2.06. The second-order valence-electron chi connectivity index (χ2n) is 6.64. The summed E-state index contributed by atoms with van der Waals surface area (Å²) in [5.74, 6) is -2.03. The number of rotatable bonds is 7. The third kappa shape index (κ3) is 6.02. The van der Waals surface area contributed by atoms with Crippen molar-refractivity contribution in [3.8, 4) is 0 Å². The molecule has 156 valence electrons. The normalized spacial score (nSPS) is 12.2. The predicted molar refractivity (Wildman–Crippen MR) is 109 cm³/mol. The van der Waals surface area contributed by atoms with Crippen LogP contribution in [-0.2, 0) is 24.3 Å². The summed E-state index contributed by atoms with van der Waals surface area (Å²) in [5, 5.41) is 2.45. The number of anilines is 2. The van der Waals surface area contributed by atoms with Crippen molar-refractivity contribution in [3.05, 3.63) is 59.4 Å². The Kier molecular flexibility index (Phi) is 6.97. The molecular formula is C20H23FN2O5S. The lowest BCUT2D eigenvalue weighted by Crippen LogP contribution is -2.39. The van der Waals surface area contributed by atoms with Gasteiger partial charge in [0.05, 0.1) is 11.9 Å². The Labute approximate surface area is 169 Å². The monoisotopic (exact) mass is 422 g/mol. The summed E-state index contributed by atoms with van der Waals surface area (Å²) in [5.41, 5.74) is 1.66. The van der Waals surface area contributed by atoms with Crippen LogP contribution in [0, 0.1) is 19.7 Å². The van der Waals surface area contributed by atoms with Crippen LogP contribution in [0.4, 0.5) is 15.8 Å². The third-order valence-electron chi connectivity index (χ3n) is 4.17. The number of amides is 1. The summed E-state index contributed by atoms with van der Waals surface area (Å²) in [6, 6.07) is 10.9. The summed E-state index contributed by atoms with van der Waals surface area (Å²) in [6.45, 7) is 4.07. The maximum Gasteiger partial charge on any atom is 0.327 e. The number of carbonyl (C=O) groups is 2. The third-order valence-corrected chi connectivity index (χ3v) is 5.30. The Bertz CT molecular complexity index is 1020. The second kappa shape index (κ2) is 9.04. The minimum absolute atomic E-state index is 0.221. The summed E-state index contributed by atoms with van der Waals surface area (Å²) >= 11 is 0. The van der Waals surface area contributed by atoms with Gasteiger partial charge in [-0.15, -0.1) is 0 Å². The average Bonchev–Trinajstić information content (AvgIpc) is 2.62. The molecule has 9 heteroatoms. The van der Waals surface area contributed by atoms with Gasteiger partial charge in [0.25, 0.3) is 5.91 Å². The van der Waals surface area contributed by atoms with E-state index in [0.29, 0.717) is 16.8 Å². The number of esters is 1. The number of para-hydroxylation sites is 1. The zero-order chi connectivity index (χ0) is 21.8. The first-order valence-corrected chi connectivity index (χ1v) is 10.6. The molecule has 1 atom stereocenters. The van der Waals surface area contributed by atoms with Crippen molar-refractivity contribution in [2.75, 3.05) is 22.4 Å². The summed E-state index contributed by atoms with van der Waals surface area (Å²) in [7, 11) is -3.76. The van der Waals surface area contributed by atoms with Gasteiger partial charge in [0.15, 0.2) is 6.10 Å². The van der Waals surface area contributed by atoms with E-state index in [2.05, 4.69) is 5.32 Å². The molecule has 0 aromatic heterocycles. The molecular weight excluding hydrogens is 399 g/mol. The first-order chi connectivity index (χ1) is 13.5. The molecule has 0 aliphatic heterocycles. The number of benzene rings is 2. The van der Waals surface area contributed by atoms with Crippen molar-refractivity contribution in [2.45, 2.75) is 26.9 Å². The van der Waals surface area contributed by atoms with Gasteiger partial charge in [0.2, 0.25) is 10.0 Å². The number of carbonyl (C=O) groups excluding carboxylic acids is 2. The van der Waals surface area contributed by atoms with Crippen molar-refractivity contribution >= 4 is 33.3 Å². The van der Waals surface area contributed by atoms with Gasteiger partial charge >= 0.3 is 5.97 Å². The van der Waals surface area contributed by atoms with E-state index < -0.39 is 40.4 Å². The van der Waals surface area contributed by atoms with Gasteiger partial charge in [-0.2, -0.15) is 0 Å². The van der Waals surface area contributed by atoms with Crippen LogP contribution >= 0.6 is 0 Å². The van der Waals surface area contributed by atoms with Crippen LogP contribution in [0.3, 0.4) is 0 Å². The molecule has 0 spiro atoms. The fraction of sp³-hybridized carbons (Fsp3) is 0.300. The molecule has 1 N–H and O–H groups in total. The molecule has 0 bridgehead atoms. The lowest BCUT2D eigenvalue weighted by molar-refractivity contribution is -0.151. The molecule has 1 amide bonds. The van der Waals surface area contributed by atoms with Crippen molar-refractivity contribution in [3.63, 3.8) is 0 Å². The maximum atomic E-state index is 13.6. The minimum Gasteiger partial charge on any atom is -0.451 e. The van der Waals surface area contributed by atoms with Gasteiger partial charge in [0.1, 0.15) is 12.4 Å². The van der Waals surface area contributed by atoms with Crippen LogP contribution in [0.2, 0.25) is 0 Å². The molecule has 0 saturated carbocycles. The van der Waals surface area contributed by atoms with Crippen molar-refractivity contribution in [2.24, 2.45) is 0 Å². The van der Waals surface area contributed by atoms with E-state index in [1.807, 2.05) is 0 Å². The van der Waals surface area contributed by atoms with Crippen LogP contribution in [-0.4, -0.2) is 39.2 Å². The van der Waals surface area contributed by atoms with Gasteiger partial charge in [0, 0.05) is 5.69 Å². The highest BCUT2D eigenvalue weighted by atomic mass is 32.2. The van der Waals surface area contributed by atoms with E-state index in [9.17, 15) is 22.4 Å². The maximum absolute atomic E-state index is 13.6. The molecule has 0 aliphatic rings. The SMILES string of the molecule is Cc1ccc(NC(=O)[C@@H](C)OC(=O)CN(c2ccccc2C)S(C)(=O)=O)cc1F. The van der Waals surface area contributed by atoms with Gasteiger partial charge in [-0.25, -0.2) is 12.8 Å². The number of nitrogens with zero attached hydrogens (tertiary/aromatic N) is 1. The van der Waals surface area contributed by atoms with E-state index >= 15 is 0 Å². The standard InChI is InChI=1S/C20H23FN2O5S/c1-13-9-10-16(11-17(13)21)22-20(25)15(3)28-19(24)12-23(29(4,26)27)18-8-6-5-7-14(18)2/h5-11,15H,12H2,1-4H3,(H,22,25)/t15-/m1/s1. The molecule has 0 unspecified atom stereocenters. The zero-order valence-electron chi connectivity index (χ0n) is 16.6. The molecule has 0 aliphatic carbocycles. The van der Waals surface area contributed by atoms with Gasteiger partial charge in [-0.3, -0.25) is 13.9 Å². The van der Waals surface area contributed by atoms with Gasteiger partial charge in [-0.05, 0) is 50.1 Å². The molecule has 7 nitrogen and oxygen atoms in total. The van der Waals surface area contributed by atoms with E-state index in [0.717, 1.165) is 16.6 Å². The first kappa shape index (κ1) is 22.4. The number of sulfonamides is 1. The van der Waals surface area contributed by atoms with Crippen molar-refractivity contribution in [1.29, 1.82) is 0 Å². The average molecular weight is 422 g/mol. The van der Waals surface area contributed by atoms with E-state index in [1.165, 1.54) is 19.1 Å². The summed E-state index contributed by atoms with van der Waals surface area (Å²) in [4.78, 5) is 24.5. The number of aryl methyl sites for hydroxylation is 2. The number of hydrogen-bond acceptors (Lipinski definition) is 5. The first-order valence-electron chi connectivity index (χ1n) is 8.79. The highest BCUT2D eigenvalue weighted by Crippen LogP contribution is 2.22. The molecule has 29 heavy (non-hydrogen) atoms. The smallest absolute Gasteiger partial charge is 0.327 e. The Hall–Kier alpha value is -2.94. The van der Waals surface area contributed by atoms with Gasteiger partial charge in [-0.1, -0.05) is 24.3 Å². The molecule has 2 aromatic rings. The molecule has 2 rings (SSSR count). The lowest BCUT2D eigenvalue weighted by Gasteiger charge is -2.24. The van der Waals surface area contributed by atoms with E-state index in [4.69, 9.17) is 4.74 Å². The predicted octanol–water partition coefficient (Wildman–Crippen LogP) is 2.78. The minimum atomic E-state index is -3.76. The lowest BCUT2D eigenvalue weighted by atomic mass is 10.2. The van der Waals surface area contributed by atoms with Crippen LogP contribution in [0.5, 0.6) is 0 Å². The van der Waals surface area contributed by atoms with Crippen LogP contribution in [0.1, 0.15) is 18.1 Å². The number of hydrogen-bond donors (Lipinski definition) is 1. The Morgan fingerprint density at radius 3 is 2.38 bits per heavy atom. The molecule has 2 aromatic carbocycles.